The lowest BCUT2D eigenvalue weighted by atomic mass is 9.94. The summed E-state index contributed by atoms with van der Waals surface area (Å²) in [6.45, 7) is 0. The first kappa shape index (κ1) is 94.6. The normalized spacial score (nSPS) is 10.7. The molecule has 0 aliphatic heterocycles. The van der Waals surface area contributed by atoms with Crippen molar-refractivity contribution >= 4 is 167 Å². The number of hydrogen-bond donors (Lipinski definition) is 0. The van der Waals surface area contributed by atoms with E-state index < -0.39 is 0 Å². The van der Waals surface area contributed by atoms with Crippen molar-refractivity contribution in [1.29, 1.82) is 0 Å². The van der Waals surface area contributed by atoms with E-state index in [1.54, 1.807) is 79.4 Å². The molecule has 10 aromatic heterocycles. The molecular formula is C132H94S10. The first-order chi connectivity index (χ1) is 70.4. The van der Waals surface area contributed by atoms with Crippen LogP contribution in [0, 0.1) is 0 Å². The molecule has 0 fully saturated rings. The molecular weight excluding hydrogens is 1910 g/mol. The van der Waals surface area contributed by atoms with E-state index in [-0.39, 0.29) is 0 Å². The lowest BCUT2D eigenvalue weighted by Crippen LogP contribution is -1.83. The fourth-order valence-electron chi connectivity index (χ4n) is 16.8. The summed E-state index contributed by atoms with van der Waals surface area (Å²) in [5, 5.41) is 27.8. The molecule has 0 atom stereocenters. The molecule has 0 saturated heterocycles. The molecule has 27 aromatic rings. The Morgan fingerprint density at radius 1 is 0.0986 bits per heavy atom. The van der Waals surface area contributed by atoms with Gasteiger partial charge >= 0.3 is 0 Å². The van der Waals surface area contributed by atoms with Crippen LogP contribution in [0.25, 0.3) is 201 Å². The molecule has 0 nitrogen and oxygen atoms in total. The van der Waals surface area contributed by atoms with Crippen molar-refractivity contribution in [1.82, 2.24) is 0 Å². The van der Waals surface area contributed by atoms with Crippen molar-refractivity contribution in [3.05, 3.63) is 565 Å². The molecule has 682 valence electrons. The summed E-state index contributed by atoms with van der Waals surface area (Å²) in [6.07, 6.45) is 0. The third-order valence-corrected chi connectivity index (χ3v) is 34.1. The summed E-state index contributed by atoms with van der Waals surface area (Å²) in [5.41, 5.74) is 19.4. The van der Waals surface area contributed by atoms with E-state index in [1.807, 2.05) is 40.1 Å². The second-order valence-electron chi connectivity index (χ2n) is 33.3. The number of hydrogen-bond acceptors (Lipinski definition) is 10. The highest BCUT2D eigenvalue weighted by molar-refractivity contribution is 7.23. The van der Waals surface area contributed by atoms with E-state index >= 15 is 0 Å². The average Bonchev–Trinajstić information content (AvgIpc) is 1.30. The summed E-state index contributed by atoms with van der Waals surface area (Å²) >= 11 is 18.0. The summed E-state index contributed by atoms with van der Waals surface area (Å²) in [5.74, 6) is 0. The van der Waals surface area contributed by atoms with Gasteiger partial charge in [-0.15, -0.1) is 113 Å². The monoisotopic (exact) mass is 2000 g/mol. The van der Waals surface area contributed by atoms with Gasteiger partial charge in [0.25, 0.3) is 0 Å². The first-order valence-corrected chi connectivity index (χ1v) is 55.5. The zero-order valence-corrected chi connectivity index (χ0v) is 85.5. The fraction of sp³-hybridized carbons (Fsp3) is 0. The van der Waals surface area contributed by atoms with Gasteiger partial charge in [-0.05, 0) is 278 Å². The molecule has 10 heterocycles. The van der Waals surface area contributed by atoms with Crippen LogP contribution >= 0.6 is 113 Å². The predicted octanol–water partition coefficient (Wildman–Crippen LogP) is 43.2. The van der Waals surface area contributed by atoms with Gasteiger partial charge in [0.05, 0.1) is 0 Å². The highest BCUT2D eigenvalue weighted by Crippen LogP contribution is 2.42. The second-order valence-corrected chi connectivity index (χ2v) is 43.2. The van der Waals surface area contributed by atoms with E-state index in [0.29, 0.717) is 0 Å². The van der Waals surface area contributed by atoms with Gasteiger partial charge in [0.15, 0.2) is 0 Å². The third kappa shape index (κ3) is 24.4. The standard InChI is InChI=1S/C20H14S.C20H14.C18H12S2.2C16H12S.2C14H10S2.C14H10S/c1-2-7-16(8-3-1)19-12-13-20(21-19)18-11-10-15-6-4-5-9-17(15)14-18;1-3-11-17-15(7-1)9-5-13-19(17)20-14-6-10-16-8-2-4-12-18(16)20;1-3-17(19-9-1)15-7-5-14-12-16(8-6-13(14)11-15)18-4-2-10-20-18;1-3-7-13(8-4-1)15-11-12-16(17-15)14-9-5-2-6-10-14;1-2-5-13(6-3-1)14-8-10-15(11-9-14)16-7-4-12-17-16;1-3-13(15-9-1)11-5-7-12(8-6-11)14-4-2-10-16-14;1-2-5-11(6-3-1)12-8-9-14(16-12)13-7-4-10-15-13;1-2-5-12-10-13(8-7-11(12)4-1)14-6-3-9-15-14/h1-14H;1-14H;1-12H;2*1-12H;2*1-10H;1-10H. The summed E-state index contributed by atoms with van der Waals surface area (Å²) in [4.78, 5) is 17.3. The average molecular weight is 2000 g/mol. The molecule has 0 spiro atoms. The van der Waals surface area contributed by atoms with E-state index in [0.717, 1.165) is 0 Å². The molecule has 0 bridgehead atoms. The Labute approximate surface area is 870 Å². The van der Waals surface area contributed by atoms with Crippen molar-refractivity contribution in [2.24, 2.45) is 0 Å². The quantitative estimate of drug-likeness (QED) is 0.102. The molecule has 0 aliphatic carbocycles. The van der Waals surface area contributed by atoms with Gasteiger partial charge in [-0.25, -0.2) is 0 Å². The second kappa shape index (κ2) is 47.8. The Kier molecular flexibility index (Phi) is 31.9. The minimum absolute atomic E-state index is 1.27. The molecule has 17 aromatic carbocycles. The van der Waals surface area contributed by atoms with Crippen LogP contribution in [-0.4, -0.2) is 0 Å². The SMILES string of the molecule is c1ccc(-c2ccc(-c3ccc4ccccc4c3)s2)cc1.c1ccc(-c2ccc(-c3ccccc3)s2)cc1.c1ccc(-c2ccc(-c3cccs3)cc2)cc1.c1ccc(-c2ccc(-c3cccs3)s2)cc1.c1ccc2c(-c3cccc4ccccc34)cccc2c1.c1csc(-c2ccc(-c3cccs3)cc2)c1.c1csc(-c2ccc3cc(-c4cccs4)ccc3c2)c1.c1csc(-c2ccc3ccccc3c2)c1. The molecule has 27 rings (SSSR count). The van der Waals surface area contributed by atoms with Crippen LogP contribution in [0.4, 0.5) is 0 Å². The Morgan fingerprint density at radius 2 is 0.296 bits per heavy atom. The molecule has 0 amide bonds. The molecule has 0 aliphatic rings. The molecule has 0 radical (unpaired) electrons. The molecule has 0 unspecified atom stereocenters. The van der Waals surface area contributed by atoms with Crippen LogP contribution in [0.15, 0.2) is 565 Å². The first-order valence-electron chi connectivity index (χ1n) is 46.9. The number of thiophene rings is 10. The Balaban J connectivity index is 0.0000000996. The van der Waals surface area contributed by atoms with Crippen LogP contribution in [0.3, 0.4) is 0 Å². The summed E-state index contributed by atoms with van der Waals surface area (Å²) < 4.78 is 0. The smallest absolute Gasteiger partial charge is 0.0449 e. The van der Waals surface area contributed by atoms with Gasteiger partial charge < -0.3 is 0 Å². The van der Waals surface area contributed by atoms with Crippen LogP contribution in [-0.2, 0) is 0 Å². The Bertz CT molecular complexity index is 8230. The van der Waals surface area contributed by atoms with E-state index in [1.165, 1.54) is 201 Å². The molecule has 10 heteroatoms. The zero-order valence-electron chi connectivity index (χ0n) is 77.4. The maximum atomic E-state index is 2.28. The molecule has 0 saturated carbocycles. The van der Waals surface area contributed by atoms with Crippen LogP contribution in [0.1, 0.15) is 0 Å². The number of rotatable bonds is 14. The Morgan fingerprint density at radius 3 is 0.606 bits per heavy atom. The number of fused-ring (bicyclic) bond motifs is 5. The van der Waals surface area contributed by atoms with Crippen molar-refractivity contribution < 1.29 is 0 Å². The van der Waals surface area contributed by atoms with Gasteiger partial charge in [0, 0.05) is 63.4 Å². The van der Waals surface area contributed by atoms with Gasteiger partial charge in [0.1, 0.15) is 0 Å². The van der Waals surface area contributed by atoms with Gasteiger partial charge in [0.2, 0.25) is 0 Å². The number of benzene rings is 17. The van der Waals surface area contributed by atoms with Crippen LogP contribution < -0.4 is 0 Å². The van der Waals surface area contributed by atoms with Crippen molar-refractivity contribution in [3.63, 3.8) is 0 Å². The largest absolute Gasteiger partial charge is 0.144 e. The minimum atomic E-state index is 1.27. The lowest BCUT2D eigenvalue weighted by molar-refractivity contribution is 1.62. The van der Waals surface area contributed by atoms with Crippen molar-refractivity contribution in [2.75, 3.05) is 0 Å². The van der Waals surface area contributed by atoms with Crippen molar-refractivity contribution in [2.45, 2.75) is 0 Å². The molecule has 0 N–H and O–H groups in total. The third-order valence-electron chi connectivity index (χ3n) is 24.0. The topological polar surface area (TPSA) is 0 Å². The van der Waals surface area contributed by atoms with Gasteiger partial charge in [-0.2, -0.15) is 0 Å². The highest BCUT2D eigenvalue weighted by Gasteiger charge is 2.14. The Hall–Kier alpha value is -15.0. The van der Waals surface area contributed by atoms with E-state index in [9.17, 15) is 0 Å². The maximum Gasteiger partial charge on any atom is 0.0449 e. The highest BCUT2D eigenvalue weighted by atomic mass is 32.1. The predicted molar refractivity (Wildman–Crippen MR) is 634 cm³/mol. The van der Waals surface area contributed by atoms with Gasteiger partial charge in [-0.3, -0.25) is 0 Å². The summed E-state index contributed by atoms with van der Waals surface area (Å²) in [7, 11) is 0. The van der Waals surface area contributed by atoms with E-state index in [4.69, 9.17) is 0 Å². The minimum Gasteiger partial charge on any atom is -0.144 e. The van der Waals surface area contributed by atoms with Crippen molar-refractivity contribution in [3.8, 4) is 147 Å². The van der Waals surface area contributed by atoms with Gasteiger partial charge in [-0.1, -0.05) is 425 Å². The lowest BCUT2D eigenvalue weighted by Gasteiger charge is -2.10. The zero-order chi connectivity index (χ0) is 95.5. The van der Waals surface area contributed by atoms with Crippen LogP contribution in [0.2, 0.25) is 0 Å². The van der Waals surface area contributed by atoms with E-state index in [2.05, 4.69) is 559 Å². The summed E-state index contributed by atoms with van der Waals surface area (Å²) in [6, 6.07) is 187. The maximum absolute atomic E-state index is 2.28. The fourth-order valence-corrected chi connectivity index (χ4v) is 25.1. The van der Waals surface area contributed by atoms with Crippen LogP contribution in [0.5, 0.6) is 0 Å². The molecule has 142 heavy (non-hydrogen) atoms.